The summed E-state index contributed by atoms with van der Waals surface area (Å²) in [5.41, 5.74) is 1.26. The Labute approximate surface area is 123 Å². The molecule has 3 heterocycles. The first-order valence-electron chi connectivity index (χ1n) is 7.06. The van der Waals surface area contributed by atoms with E-state index in [-0.39, 0.29) is 11.6 Å². The number of aromatic nitrogens is 2. The summed E-state index contributed by atoms with van der Waals surface area (Å²) in [5, 5.41) is 15.3. The Kier molecular flexibility index (Phi) is 3.48. The molecule has 3 rings (SSSR count). The molecule has 0 amide bonds. The Morgan fingerprint density at radius 3 is 2.95 bits per heavy atom. The van der Waals surface area contributed by atoms with Gasteiger partial charge < -0.3 is 15.3 Å². The molecule has 1 fully saturated rings. The zero-order valence-electron chi connectivity index (χ0n) is 12.3. The summed E-state index contributed by atoms with van der Waals surface area (Å²) < 4.78 is 2.16. The highest BCUT2D eigenvalue weighted by Crippen LogP contribution is 2.27. The second-order valence-electron chi connectivity index (χ2n) is 6.43. The van der Waals surface area contributed by atoms with Crippen LogP contribution in [0.5, 0.6) is 0 Å². The molecular weight excluding hydrogens is 272 g/mol. The van der Waals surface area contributed by atoms with Gasteiger partial charge in [0.2, 0.25) is 0 Å². The van der Waals surface area contributed by atoms with Crippen molar-refractivity contribution >= 4 is 22.1 Å². The lowest BCUT2D eigenvalue weighted by molar-refractivity contribution is 0.198. The van der Waals surface area contributed by atoms with Gasteiger partial charge in [0.1, 0.15) is 0 Å². The first-order valence-corrected chi connectivity index (χ1v) is 7.94. The fourth-order valence-corrected chi connectivity index (χ4v) is 3.25. The first-order chi connectivity index (χ1) is 9.44. The maximum absolute atomic E-state index is 9.75. The molecule has 1 aliphatic heterocycles. The molecule has 0 aromatic carbocycles. The summed E-state index contributed by atoms with van der Waals surface area (Å²) >= 11 is 1.65. The van der Waals surface area contributed by atoms with E-state index in [9.17, 15) is 5.11 Å². The number of aliphatic hydroxyl groups is 1. The van der Waals surface area contributed by atoms with Crippen molar-refractivity contribution in [2.75, 3.05) is 18.0 Å². The SMILES string of the molecule is CC(C)(C)NCc1c(N2CCC(O)C2)nc2sccn12. The molecule has 1 saturated heterocycles. The molecule has 0 saturated carbocycles. The number of β-amino-alcohol motifs (C(OH)–C–C–N with tert-alkyl or cyclic N) is 1. The lowest BCUT2D eigenvalue weighted by Gasteiger charge is -2.22. The second kappa shape index (κ2) is 5.02. The number of aliphatic hydroxyl groups excluding tert-OH is 1. The van der Waals surface area contributed by atoms with Gasteiger partial charge in [-0.3, -0.25) is 4.40 Å². The highest BCUT2D eigenvalue weighted by atomic mass is 32.1. The number of hydrogen-bond donors (Lipinski definition) is 2. The van der Waals surface area contributed by atoms with Crippen LogP contribution in [0.4, 0.5) is 5.82 Å². The first kappa shape index (κ1) is 13.9. The zero-order chi connectivity index (χ0) is 14.3. The number of imidazole rings is 1. The number of anilines is 1. The average Bonchev–Trinajstić information content (AvgIpc) is 2.99. The van der Waals surface area contributed by atoms with Crippen molar-refractivity contribution < 1.29 is 5.11 Å². The quantitative estimate of drug-likeness (QED) is 0.907. The normalized spacial score (nSPS) is 20.2. The molecule has 1 unspecified atom stereocenters. The van der Waals surface area contributed by atoms with Gasteiger partial charge >= 0.3 is 0 Å². The third kappa shape index (κ3) is 2.68. The third-order valence-electron chi connectivity index (χ3n) is 3.59. The van der Waals surface area contributed by atoms with E-state index in [0.717, 1.165) is 30.3 Å². The molecule has 5 nitrogen and oxygen atoms in total. The molecule has 0 aliphatic carbocycles. The van der Waals surface area contributed by atoms with E-state index in [4.69, 9.17) is 4.98 Å². The van der Waals surface area contributed by atoms with E-state index in [1.54, 1.807) is 11.3 Å². The maximum atomic E-state index is 9.75. The Morgan fingerprint density at radius 1 is 1.50 bits per heavy atom. The van der Waals surface area contributed by atoms with Gasteiger partial charge in [-0.25, -0.2) is 4.98 Å². The monoisotopic (exact) mass is 294 g/mol. The maximum Gasteiger partial charge on any atom is 0.195 e. The molecule has 110 valence electrons. The van der Waals surface area contributed by atoms with Gasteiger partial charge in [-0.2, -0.15) is 0 Å². The van der Waals surface area contributed by atoms with Gasteiger partial charge in [0, 0.05) is 36.8 Å². The van der Waals surface area contributed by atoms with Crippen LogP contribution >= 0.6 is 11.3 Å². The number of nitrogens with zero attached hydrogens (tertiary/aromatic N) is 3. The average molecular weight is 294 g/mol. The van der Waals surface area contributed by atoms with E-state index < -0.39 is 0 Å². The van der Waals surface area contributed by atoms with E-state index in [0.29, 0.717) is 6.54 Å². The predicted molar refractivity (Wildman–Crippen MR) is 82.5 cm³/mol. The minimum absolute atomic E-state index is 0.0714. The van der Waals surface area contributed by atoms with Crippen molar-refractivity contribution in [3.63, 3.8) is 0 Å². The van der Waals surface area contributed by atoms with E-state index in [2.05, 4.69) is 47.0 Å². The molecule has 2 aromatic rings. The summed E-state index contributed by atoms with van der Waals surface area (Å²) in [4.78, 5) is 7.97. The number of nitrogens with one attached hydrogen (secondary N) is 1. The fraction of sp³-hybridized carbons (Fsp3) is 0.643. The molecule has 1 aliphatic rings. The summed E-state index contributed by atoms with van der Waals surface area (Å²) in [6.07, 6.45) is 2.68. The molecule has 20 heavy (non-hydrogen) atoms. The zero-order valence-corrected chi connectivity index (χ0v) is 13.1. The van der Waals surface area contributed by atoms with Crippen molar-refractivity contribution in [3.05, 3.63) is 17.3 Å². The van der Waals surface area contributed by atoms with Gasteiger partial charge in [-0.05, 0) is 27.2 Å². The highest BCUT2D eigenvalue weighted by Gasteiger charge is 2.26. The Bertz CT molecular complexity index is 598. The minimum Gasteiger partial charge on any atom is -0.391 e. The van der Waals surface area contributed by atoms with Crippen LogP contribution in [-0.4, -0.2) is 39.2 Å². The van der Waals surface area contributed by atoms with Crippen LogP contribution in [0.2, 0.25) is 0 Å². The van der Waals surface area contributed by atoms with Gasteiger partial charge in [0.05, 0.1) is 11.8 Å². The number of thiazole rings is 1. The number of rotatable bonds is 3. The summed E-state index contributed by atoms with van der Waals surface area (Å²) in [6, 6.07) is 0. The third-order valence-corrected chi connectivity index (χ3v) is 4.35. The molecule has 0 bridgehead atoms. The van der Waals surface area contributed by atoms with Gasteiger partial charge in [0.15, 0.2) is 10.8 Å². The van der Waals surface area contributed by atoms with Gasteiger partial charge in [0.25, 0.3) is 0 Å². The second-order valence-corrected chi connectivity index (χ2v) is 7.30. The van der Waals surface area contributed by atoms with Crippen LogP contribution in [0.3, 0.4) is 0 Å². The predicted octanol–water partition coefficient (Wildman–Crippen LogP) is 1.85. The summed E-state index contributed by atoms with van der Waals surface area (Å²) in [5.74, 6) is 1.02. The summed E-state index contributed by atoms with van der Waals surface area (Å²) in [7, 11) is 0. The van der Waals surface area contributed by atoms with Crippen LogP contribution in [0.1, 0.15) is 32.9 Å². The van der Waals surface area contributed by atoms with Crippen molar-refractivity contribution in [1.29, 1.82) is 0 Å². The summed E-state index contributed by atoms with van der Waals surface area (Å²) in [6.45, 7) is 8.85. The van der Waals surface area contributed by atoms with E-state index in [1.165, 1.54) is 5.69 Å². The lowest BCUT2D eigenvalue weighted by Crippen LogP contribution is -2.36. The Hall–Kier alpha value is -1.11. The Morgan fingerprint density at radius 2 is 2.30 bits per heavy atom. The van der Waals surface area contributed by atoms with Crippen LogP contribution in [0.15, 0.2) is 11.6 Å². The van der Waals surface area contributed by atoms with Gasteiger partial charge in [-0.1, -0.05) is 0 Å². The molecule has 0 spiro atoms. The largest absolute Gasteiger partial charge is 0.391 e. The molecule has 6 heteroatoms. The van der Waals surface area contributed by atoms with Gasteiger partial charge in [-0.15, -0.1) is 11.3 Å². The number of fused-ring (bicyclic) bond motifs is 1. The van der Waals surface area contributed by atoms with Crippen LogP contribution in [0, 0.1) is 0 Å². The van der Waals surface area contributed by atoms with E-state index in [1.807, 2.05) is 0 Å². The van der Waals surface area contributed by atoms with Crippen LogP contribution in [0.25, 0.3) is 4.96 Å². The van der Waals surface area contributed by atoms with E-state index >= 15 is 0 Å². The molecule has 2 N–H and O–H groups in total. The Balaban J connectivity index is 1.92. The molecule has 0 radical (unpaired) electrons. The van der Waals surface area contributed by atoms with Crippen LogP contribution in [-0.2, 0) is 6.54 Å². The molecule has 2 aromatic heterocycles. The van der Waals surface area contributed by atoms with Crippen molar-refractivity contribution in [2.45, 2.75) is 45.4 Å². The lowest BCUT2D eigenvalue weighted by atomic mass is 10.1. The number of hydrogen-bond acceptors (Lipinski definition) is 5. The van der Waals surface area contributed by atoms with Crippen molar-refractivity contribution in [3.8, 4) is 0 Å². The fourth-order valence-electron chi connectivity index (χ4n) is 2.52. The smallest absolute Gasteiger partial charge is 0.195 e. The highest BCUT2D eigenvalue weighted by molar-refractivity contribution is 7.15. The standard InChI is InChI=1S/C14H22N4OS/c1-14(2,3)15-8-11-12(17-5-4-10(19)9-17)16-13-18(11)6-7-20-13/h6-7,10,15,19H,4-5,8-9H2,1-3H3. The van der Waals surface area contributed by atoms with Crippen molar-refractivity contribution in [1.82, 2.24) is 14.7 Å². The topological polar surface area (TPSA) is 52.8 Å². The van der Waals surface area contributed by atoms with Crippen LogP contribution < -0.4 is 10.2 Å². The molecular formula is C14H22N4OS. The molecule has 1 atom stereocenters. The van der Waals surface area contributed by atoms with Crippen molar-refractivity contribution in [2.24, 2.45) is 0 Å². The minimum atomic E-state index is -0.224.